The molecule has 3 heterocycles. The van der Waals surface area contributed by atoms with E-state index in [0.29, 0.717) is 12.1 Å². The summed E-state index contributed by atoms with van der Waals surface area (Å²) >= 11 is 0. The van der Waals surface area contributed by atoms with Crippen molar-refractivity contribution in [1.82, 2.24) is 9.55 Å². The number of nitrogens with one attached hydrogen (secondary N) is 1. The maximum absolute atomic E-state index is 11.7. The SMILES string of the molecule is COC(=O)c1c[nH]c2c1Cn1c-2cc2ccccc21. The van der Waals surface area contributed by atoms with E-state index in [2.05, 4.69) is 27.8 Å². The van der Waals surface area contributed by atoms with Crippen molar-refractivity contribution in [3.8, 4) is 11.4 Å². The first-order valence-corrected chi connectivity index (χ1v) is 6.17. The maximum Gasteiger partial charge on any atom is 0.339 e. The molecule has 94 valence electrons. The molecule has 1 N–H and O–H groups in total. The fourth-order valence-corrected chi connectivity index (χ4v) is 2.88. The number of carbonyl (C=O) groups is 1. The van der Waals surface area contributed by atoms with Crippen molar-refractivity contribution in [3.63, 3.8) is 0 Å². The third-order valence-electron chi connectivity index (χ3n) is 3.78. The Balaban J connectivity index is 1.95. The number of hydrogen-bond acceptors (Lipinski definition) is 2. The van der Waals surface area contributed by atoms with E-state index < -0.39 is 0 Å². The van der Waals surface area contributed by atoms with Gasteiger partial charge in [-0.05, 0) is 12.1 Å². The second-order valence-corrected chi connectivity index (χ2v) is 4.72. The Kier molecular flexibility index (Phi) is 1.93. The summed E-state index contributed by atoms with van der Waals surface area (Å²) in [5, 5.41) is 1.22. The Morgan fingerprint density at radius 3 is 3.05 bits per heavy atom. The molecule has 0 spiro atoms. The van der Waals surface area contributed by atoms with Crippen molar-refractivity contribution in [2.75, 3.05) is 7.11 Å². The van der Waals surface area contributed by atoms with Crippen molar-refractivity contribution in [2.45, 2.75) is 6.54 Å². The number of nitrogens with zero attached hydrogens (tertiary/aromatic N) is 1. The van der Waals surface area contributed by atoms with Gasteiger partial charge >= 0.3 is 5.97 Å². The Hall–Kier alpha value is -2.49. The van der Waals surface area contributed by atoms with Gasteiger partial charge in [0.05, 0.1) is 30.6 Å². The van der Waals surface area contributed by atoms with Gasteiger partial charge in [0.2, 0.25) is 0 Å². The van der Waals surface area contributed by atoms with Gasteiger partial charge in [-0.3, -0.25) is 0 Å². The van der Waals surface area contributed by atoms with Crippen LogP contribution in [-0.2, 0) is 11.3 Å². The van der Waals surface area contributed by atoms with E-state index in [9.17, 15) is 4.79 Å². The van der Waals surface area contributed by atoms with Crippen LogP contribution >= 0.6 is 0 Å². The standard InChI is InChI=1S/C15H12N2O2/c1-19-15(18)10-7-16-14-11(10)8-17-12-5-3-2-4-9(12)6-13(14)17/h2-7,16H,8H2,1H3. The molecule has 4 nitrogen and oxygen atoms in total. The molecule has 1 aliphatic heterocycles. The monoisotopic (exact) mass is 252 g/mol. The molecular formula is C15H12N2O2. The summed E-state index contributed by atoms with van der Waals surface area (Å²) in [6.07, 6.45) is 1.73. The number of carbonyl (C=O) groups excluding carboxylic acids is 1. The Bertz CT molecular complexity index is 811. The highest BCUT2D eigenvalue weighted by Gasteiger charge is 2.27. The highest BCUT2D eigenvalue weighted by Crippen LogP contribution is 2.37. The Morgan fingerprint density at radius 2 is 2.21 bits per heavy atom. The first-order valence-electron chi connectivity index (χ1n) is 6.17. The van der Waals surface area contributed by atoms with Gasteiger partial charge in [-0.25, -0.2) is 4.79 Å². The van der Waals surface area contributed by atoms with Gasteiger partial charge in [0.15, 0.2) is 0 Å². The summed E-state index contributed by atoms with van der Waals surface area (Å²) < 4.78 is 7.04. The molecule has 4 heteroatoms. The molecule has 3 aromatic rings. The molecule has 0 saturated heterocycles. The lowest BCUT2D eigenvalue weighted by atomic mass is 10.1. The highest BCUT2D eigenvalue weighted by atomic mass is 16.5. The summed E-state index contributed by atoms with van der Waals surface area (Å²) in [6.45, 7) is 0.714. The first-order chi connectivity index (χ1) is 9.29. The predicted molar refractivity (Wildman–Crippen MR) is 72.2 cm³/mol. The Morgan fingerprint density at radius 1 is 1.37 bits per heavy atom. The van der Waals surface area contributed by atoms with Crippen molar-refractivity contribution >= 4 is 16.9 Å². The molecule has 19 heavy (non-hydrogen) atoms. The fraction of sp³-hybridized carbons (Fsp3) is 0.133. The van der Waals surface area contributed by atoms with E-state index in [1.54, 1.807) is 6.20 Å². The van der Waals surface area contributed by atoms with E-state index >= 15 is 0 Å². The smallest absolute Gasteiger partial charge is 0.339 e. The molecule has 0 radical (unpaired) electrons. The average Bonchev–Trinajstić information content (AvgIpc) is 3.07. The number of fused-ring (bicyclic) bond motifs is 5. The van der Waals surface area contributed by atoms with Crippen LogP contribution in [0.15, 0.2) is 36.5 Å². The minimum absolute atomic E-state index is 0.285. The van der Waals surface area contributed by atoms with Gasteiger partial charge < -0.3 is 14.3 Å². The van der Waals surface area contributed by atoms with E-state index in [4.69, 9.17) is 4.74 Å². The molecule has 2 aromatic heterocycles. The van der Waals surface area contributed by atoms with Gasteiger partial charge in [-0.15, -0.1) is 0 Å². The third-order valence-corrected chi connectivity index (χ3v) is 3.78. The van der Waals surface area contributed by atoms with Gasteiger partial charge in [0.1, 0.15) is 0 Å². The van der Waals surface area contributed by atoms with Crippen LogP contribution in [0.5, 0.6) is 0 Å². The van der Waals surface area contributed by atoms with E-state index in [0.717, 1.165) is 17.0 Å². The average molecular weight is 252 g/mol. The molecule has 0 saturated carbocycles. The largest absolute Gasteiger partial charge is 0.465 e. The fourth-order valence-electron chi connectivity index (χ4n) is 2.88. The van der Waals surface area contributed by atoms with Crippen LogP contribution in [0.2, 0.25) is 0 Å². The summed E-state index contributed by atoms with van der Waals surface area (Å²) in [5.74, 6) is -0.285. The molecule has 1 aliphatic rings. The van der Waals surface area contributed by atoms with Gasteiger partial charge in [-0.1, -0.05) is 18.2 Å². The second kappa shape index (κ2) is 3.51. The summed E-state index contributed by atoms with van der Waals surface area (Å²) in [7, 11) is 1.41. The lowest BCUT2D eigenvalue weighted by Gasteiger charge is -2.02. The lowest BCUT2D eigenvalue weighted by molar-refractivity contribution is 0.0600. The molecule has 0 bridgehead atoms. The summed E-state index contributed by atoms with van der Waals surface area (Å²) in [4.78, 5) is 14.9. The number of para-hydroxylation sites is 1. The third kappa shape index (κ3) is 1.25. The number of methoxy groups -OCH3 is 1. The zero-order chi connectivity index (χ0) is 13.0. The quantitative estimate of drug-likeness (QED) is 0.529. The molecule has 0 atom stereocenters. The molecule has 1 aromatic carbocycles. The van der Waals surface area contributed by atoms with Crippen molar-refractivity contribution in [3.05, 3.63) is 47.7 Å². The van der Waals surface area contributed by atoms with E-state index in [1.807, 2.05) is 12.1 Å². The number of hydrogen-bond donors (Lipinski definition) is 1. The van der Waals surface area contributed by atoms with Crippen LogP contribution in [0.3, 0.4) is 0 Å². The van der Waals surface area contributed by atoms with Crippen LogP contribution in [0.25, 0.3) is 22.3 Å². The number of rotatable bonds is 1. The molecule has 0 aliphatic carbocycles. The van der Waals surface area contributed by atoms with Gasteiger partial charge in [-0.2, -0.15) is 0 Å². The molecular weight excluding hydrogens is 240 g/mol. The predicted octanol–water partition coefficient (Wildman–Crippen LogP) is 2.78. The van der Waals surface area contributed by atoms with Crippen LogP contribution in [0.1, 0.15) is 15.9 Å². The normalized spacial score (nSPS) is 12.5. The highest BCUT2D eigenvalue weighted by molar-refractivity contribution is 5.96. The van der Waals surface area contributed by atoms with Crippen molar-refractivity contribution in [2.24, 2.45) is 0 Å². The number of H-pyrrole nitrogens is 1. The van der Waals surface area contributed by atoms with Gasteiger partial charge in [0.25, 0.3) is 0 Å². The number of aromatic amines is 1. The topological polar surface area (TPSA) is 47.0 Å². The number of aromatic nitrogens is 2. The van der Waals surface area contributed by atoms with Gasteiger partial charge in [0, 0.05) is 22.7 Å². The molecule has 0 unspecified atom stereocenters. The first kappa shape index (κ1) is 10.4. The van der Waals surface area contributed by atoms with Crippen LogP contribution in [-0.4, -0.2) is 22.6 Å². The van der Waals surface area contributed by atoms with Crippen molar-refractivity contribution < 1.29 is 9.53 Å². The minimum Gasteiger partial charge on any atom is -0.465 e. The minimum atomic E-state index is -0.285. The maximum atomic E-state index is 11.7. The number of ether oxygens (including phenoxy) is 1. The molecule has 0 amide bonds. The van der Waals surface area contributed by atoms with Crippen LogP contribution in [0.4, 0.5) is 0 Å². The number of esters is 1. The van der Waals surface area contributed by atoms with E-state index in [1.165, 1.54) is 18.0 Å². The summed E-state index contributed by atoms with van der Waals surface area (Å²) in [6, 6.07) is 10.4. The lowest BCUT2D eigenvalue weighted by Crippen LogP contribution is -2.04. The van der Waals surface area contributed by atoms with Crippen molar-refractivity contribution in [1.29, 1.82) is 0 Å². The second-order valence-electron chi connectivity index (χ2n) is 4.72. The number of benzene rings is 1. The van der Waals surface area contributed by atoms with Crippen LogP contribution < -0.4 is 0 Å². The van der Waals surface area contributed by atoms with E-state index in [-0.39, 0.29) is 5.97 Å². The summed E-state index contributed by atoms with van der Waals surface area (Å²) in [5.41, 5.74) is 5.00. The molecule has 0 fully saturated rings. The zero-order valence-corrected chi connectivity index (χ0v) is 10.4. The van der Waals surface area contributed by atoms with Crippen LogP contribution in [0, 0.1) is 0 Å². The molecule has 4 rings (SSSR count). The Labute approximate surface area is 109 Å². The zero-order valence-electron chi connectivity index (χ0n) is 10.4.